The van der Waals surface area contributed by atoms with Crippen molar-refractivity contribution in [1.29, 1.82) is 0 Å². The molecule has 0 heterocycles. The molecule has 0 aliphatic carbocycles. The van der Waals surface area contributed by atoms with Gasteiger partial charge in [0, 0.05) is 5.56 Å². The lowest BCUT2D eigenvalue weighted by Crippen LogP contribution is -2.05. The lowest BCUT2D eigenvalue weighted by Gasteiger charge is -2.16. The van der Waals surface area contributed by atoms with Crippen LogP contribution in [-0.4, -0.2) is 11.7 Å². The highest BCUT2D eigenvalue weighted by Crippen LogP contribution is 2.32. The highest BCUT2D eigenvalue weighted by Gasteiger charge is 2.12. The minimum atomic E-state index is -0.0665. The van der Waals surface area contributed by atoms with Gasteiger partial charge >= 0.3 is 0 Å². The van der Waals surface area contributed by atoms with Gasteiger partial charge in [-0.2, -0.15) is 0 Å². The van der Waals surface area contributed by atoms with Gasteiger partial charge in [-0.25, -0.2) is 0 Å². The van der Waals surface area contributed by atoms with Crippen molar-refractivity contribution < 1.29 is 14.6 Å². The zero-order chi connectivity index (χ0) is 15.2. The SMILES string of the molecule is CCOc1cccc(CO)c1OCc1c(C)cccc1C. The summed E-state index contributed by atoms with van der Waals surface area (Å²) in [6, 6.07) is 11.8. The Morgan fingerprint density at radius 3 is 2.24 bits per heavy atom. The predicted molar refractivity (Wildman–Crippen MR) is 83.8 cm³/mol. The van der Waals surface area contributed by atoms with Crippen LogP contribution in [0.1, 0.15) is 29.2 Å². The lowest BCUT2D eigenvalue weighted by molar-refractivity contribution is 0.243. The molecule has 0 saturated heterocycles. The molecule has 21 heavy (non-hydrogen) atoms. The third kappa shape index (κ3) is 3.56. The summed E-state index contributed by atoms with van der Waals surface area (Å²) in [6.45, 7) is 7.05. The van der Waals surface area contributed by atoms with Crippen molar-refractivity contribution in [3.63, 3.8) is 0 Å². The minimum Gasteiger partial charge on any atom is -0.490 e. The van der Waals surface area contributed by atoms with E-state index in [0.717, 1.165) is 5.56 Å². The second kappa shape index (κ2) is 7.14. The summed E-state index contributed by atoms with van der Waals surface area (Å²) in [6.07, 6.45) is 0. The summed E-state index contributed by atoms with van der Waals surface area (Å²) in [5.74, 6) is 1.31. The molecule has 0 atom stereocenters. The molecule has 0 saturated carbocycles. The fraction of sp³-hybridized carbons (Fsp3) is 0.333. The van der Waals surface area contributed by atoms with Crippen molar-refractivity contribution in [2.75, 3.05) is 6.61 Å². The average molecular weight is 286 g/mol. The van der Waals surface area contributed by atoms with Crippen molar-refractivity contribution in [1.82, 2.24) is 0 Å². The van der Waals surface area contributed by atoms with Crippen LogP contribution in [0.25, 0.3) is 0 Å². The van der Waals surface area contributed by atoms with Crippen molar-refractivity contribution in [3.8, 4) is 11.5 Å². The molecule has 0 aromatic heterocycles. The molecule has 3 nitrogen and oxygen atoms in total. The normalized spacial score (nSPS) is 10.5. The maximum Gasteiger partial charge on any atom is 0.167 e. The first-order valence-electron chi connectivity index (χ1n) is 7.20. The van der Waals surface area contributed by atoms with Gasteiger partial charge in [0.15, 0.2) is 11.5 Å². The van der Waals surface area contributed by atoms with E-state index < -0.39 is 0 Å². The van der Waals surface area contributed by atoms with Crippen LogP contribution in [0.15, 0.2) is 36.4 Å². The quantitative estimate of drug-likeness (QED) is 0.878. The Balaban J connectivity index is 2.27. The fourth-order valence-corrected chi connectivity index (χ4v) is 2.34. The summed E-state index contributed by atoms with van der Waals surface area (Å²) >= 11 is 0. The zero-order valence-electron chi connectivity index (χ0n) is 12.8. The molecular formula is C18H22O3. The highest BCUT2D eigenvalue weighted by atomic mass is 16.5. The number of hydrogen-bond acceptors (Lipinski definition) is 3. The molecule has 0 bridgehead atoms. The van der Waals surface area contributed by atoms with Gasteiger partial charge in [0.2, 0.25) is 0 Å². The first kappa shape index (κ1) is 15.4. The first-order valence-corrected chi connectivity index (χ1v) is 7.20. The van der Waals surface area contributed by atoms with Crippen LogP contribution >= 0.6 is 0 Å². The van der Waals surface area contributed by atoms with Gasteiger partial charge in [0.1, 0.15) is 6.61 Å². The Kier molecular flexibility index (Phi) is 5.23. The minimum absolute atomic E-state index is 0.0665. The standard InChI is InChI=1S/C18H22O3/c1-4-20-17-10-6-9-15(11-19)18(17)21-12-16-13(2)7-5-8-14(16)3/h5-10,19H,4,11-12H2,1-3H3. The Morgan fingerprint density at radius 1 is 0.952 bits per heavy atom. The van der Waals surface area contributed by atoms with Crippen molar-refractivity contribution >= 4 is 0 Å². The summed E-state index contributed by atoms with van der Waals surface area (Å²) in [5, 5.41) is 9.48. The van der Waals surface area contributed by atoms with E-state index in [1.165, 1.54) is 16.7 Å². The number of rotatable bonds is 6. The monoisotopic (exact) mass is 286 g/mol. The largest absolute Gasteiger partial charge is 0.490 e. The summed E-state index contributed by atoms with van der Waals surface area (Å²) in [4.78, 5) is 0. The van der Waals surface area contributed by atoms with Crippen LogP contribution in [0.3, 0.4) is 0 Å². The predicted octanol–water partition coefficient (Wildman–Crippen LogP) is 3.77. The molecule has 2 rings (SSSR count). The molecule has 3 heteroatoms. The molecule has 0 unspecified atom stereocenters. The maximum absolute atomic E-state index is 9.48. The summed E-state index contributed by atoms with van der Waals surface area (Å²) < 4.78 is 11.6. The molecule has 0 aliphatic rings. The van der Waals surface area contributed by atoms with Gasteiger partial charge < -0.3 is 14.6 Å². The Morgan fingerprint density at radius 2 is 1.62 bits per heavy atom. The van der Waals surface area contributed by atoms with E-state index in [9.17, 15) is 5.11 Å². The number of ether oxygens (including phenoxy) is 2. The van der Waals surface area contributed by atoms with Gasteiger partial charge in [-0.3, -0.25) is 0 Å². The second-order valence-corrected chi connectivity index (χ2v) is 4.99. The topological polar surface area (TPSA) is 38.7 Å². The highest BCUT2D eigenvalue weighted by molar-refractivity contribution is 5.46. The first-order chi connectivity index (χ1) is 10.2. The number of aryl methyl sites for hydroxylation is 2. The van der Waals surface area contributed by atoms with Gasteiger partial charge in [-0.05, 0) is 43.5 Å². The number of aliphatic hydroxyl groups is 1. The van der Waals surface area contributed by atoms with E-state index in [1.54, 1.807) is 0 Å². The van der Waals surface area contributed by atoms with Crippen LogP contribution in [0.4, 0.5) is 0 Å². The van der Waals surface area contributed by atoms with E-state index in [2.05, 4.69) is 26.0 Å². The van der Waals surface area contributed by atoms with Gasteiger partial charge in [-0.15, -0.1) is 0 Å². The molecule has 0 radical (unpaired) electrons. The van der Waals surface area contributed by atoms with Crippen molar-refractivity contribution in [3.05, 3.63) is 58.7 Å². The number of hydrogen-bond donors (Lipinski definition) is 1. The summed E-state index contributed by atoms with van der Waals surface area (Å²) in [7, 11) is 0. The molecule has 0 amide bonds. The van der Waals surface area contributed by atoms with Crippen molar-refractivity contribution in [2.45, 2.75) is 34.0 Å². The van der Waals surface area contributed by atoms with Gasteiger partial charge in [0.05, 0.1) is 13.2 Å². The Bertz CT molecular complexity index is 585. The van der Waals surface area contributed by atoms with Gasteiger partial charge in [0.25, 0.3) is 0 Å². The van der Waals surface area contributed by atoms with E-state index in [-0.39, 0.29) is 6.61 Å². The maximum atomic E-state index is 9.48. The van der Waals surface area contributed by atoms with E-state index >= 15 is 0 Å². The van der Waals surface area contributed by atoms with Crippen LogP contribution in [-0.2, 0) is 13.2 Å². The van der Waals surface area contributed by atoms with E-state index in [1.807, 2.05) is 31.2 Å². The van der Waals surface area contributed by atoms with Crippen LogP contribution in [0.2, 0.25) is 0 Å². The number of para-hydroxylation sites is 1. The molecule has 2 aromatic carbocycles. The smallest absolute Gasteiger partial charge is 0.167 e. The molecule has 0 aliphatic heterocycles. The molecule has 0 fully saturated rings. The fourth-order valence-electron chi connectivity index (χ4n) is 2.34. The zero-order valence-corrected chi connectivity index (χ0v) is 12.8. The third-order valence-corrected chi connectivity index (χ3v) is 3.54. The van der Waals surface area contributed by atoms with Crippen LogP contribution < -0.4 is 9.47 Å². The average Bonchev–Trinajstić information content (AvgIpc) is 2.48. The van der Waals surface area contributed by atoms with Crippen molar-refractivity contribution in [2.24, 2.45) is 0 Å². The third-order valence-electron chi connectivity index (χ3n) is 3.54. The molecule has 112 valence electrons. The second-order valence-electron chi connectivity index (χ2n) is 4.99. The Hall–Kier alpha value is -2.00. The molecule has 1 N–H and O–H groups in total. The Labute approximate surface area is 126 Å². The number of benzene rings is 2. The van der Waals surface area contributed by atoms with Crippen LogP contribution in [0.5, 0.6) is 11.5 Å². The number of aliphatic hydroxyl groups excluding tert-OH is 1. The van der Waals surface area contributed by atoms with Crippen LogP contribution in [0, 0.1) is 13.8 Å². The molecule has 2 aromatic rings. The molecular weight excluding hydrogens is 264 g/mol. The lowest BCUT2D eigenvalue weighted by atomic mass is 10.0. The van der Waals surface area contributed by atoms with Gasteiger partial charge in [-0.1, -0.05) is 30.3 Å². The molecule has 0 spiro atoms. The summed E-state index contributed by atoms with van der Waals surface area (Å²) in [5.41, 5.74) is 4.32. The van der Waals surface area contributed by atoms with E-state index in [4.69, 9.17) is 9.47 Å². The van der Waals surface area contributed by atoms with E-state index in [0.29, 0.717) is 24.7 Å².